The van der Waals surface area contributed by atoms with E-state index < -0.39 is 34.2 Å². The summed E-state index contributed by atoms with van der Waals surface area (Å²) in [5, 5.41) is 14.2. The molecule has 1 aromatic rings. The maximum Gasteiger partial charge on any atom is 0.416 e. The van der Waals surface area contributed by atoms with E-state index in [1.165, 1.54) is 19.9 Å². The van der Waals surface area contributed by atoms with Gasteiger partial charge in [0.05, 0.1) is 28.9 Å². The Morgan fingerprint density at radius 2 is 1.92 bits per heavy atom. The summed E-state index contributed by atoms with van der Waals surface area (Å²) in [6.07, 6.45) is -4.61. The van der Waals surface area contributed by atoms with E-state index in [-0.39, 0.29) is 22.5 Å². The van der Waals surface area contributed by atoms with Crippen molar-refractivity contribution < 1.29 is 27.6 Å². The minimum absolute atomic E-state index is 0.0119. The van der Waals surface area contributed by atoms with Crippen LogP contribution in [-0.4, -0.2) is 18.0 Å². The number of nitrogens with one attached hydrogen (secondary N) is 1. The molecule has 0 fully saturated rings. The van der Waals surface area contributed by atoms with Crippen LogP contribution in [0.5, 0.6) is 0 Å². The lowest BCUT2D eigenvalue weighted by Gasteiger charge is -2.26. The third kappa shape index (κ3) is 3.49. The molecule has 1 aliphatic rings. The van der Waals surface area contributed by atoms with Crippen LogP contribution >= 0.6 is 0 Å². The predicted molar refractivity (Wildman–Crippen MR) is 81.7 cm³/mol. The van der Waals surface area contributed by atoms with Gasteiger partial charge in [0.25, 0.3) is 5.70 Å². The van der Waals surface area contributed by atoms with Gasteiger partial charge in [0, 0.05) is 5.70 Å². The molecule has 1 heterocycles. The molecule has 25 heavy (non-hydrogen) atoms. The number of nitrogens with zero attached hydrogens (tertiary/aromatic N) is 1. The number of dihydropyridines is 1. The molecule has 0 saturated carbocycles. The van der Waals surface area contributed by atoms with Crippen molar-refractivity contribution in [2.75, 3.05) is 7.11 Å². The summed E-state index contributed by atoms with van der Waals surface area (Å²) in [6.45, 7) is 2.93. The summed E-state index contributed by atoms with van der Waals surface area (Å²) in [6, 6.07) is 4.14. The fraction of sp³-hybridized carbons (Fsp3) is 0.312. The van der Waals surface area contributed by atoms with Crippen LogP contribution in [0.25, 0.3) is 0 Å². The number of hydrogen-bond acceptors (Lipinski definition) is 5. The molecule has 9 heteroatoms. The number of benzene rings is 1. The van der Waals surface area contributed by atoms with E-state index in [4.69, 9.17) is 0 Å². The van der Waals surface area contributed by atoms with Crippen LogP contribution in [-0.2, 0) is 15.7 Å². The van der Waals surface area contributed by atoms with E-state index >= 15 is 0 Å². The average Bonchev–Trinajstić information content (AvgIpc) is 2.52. The van der Waals surface area contributed by atoms with E-state index in [1.54, 1.807) is 0 Å². The molecule has 1 unspecified atom stereocenters. The van der Waals surface area contributed by atoms with Crippen LogP contribution in [0.1, 0.15) is 30.9 Å². The number of nitro groups is 1. The number of esters is 1. The van der Waals surface area contributed by atoms with Crippen LogP contribution in [0, 0.1) is 10.1 Å². The second-order valence-corrected chi connectivity index (χ2v) is 5.48. The quantitative estimate of drug-likeness (QED) is 0.510. The molecule has 134 valence electrons. The lowest BCUT2D eigenvalue weighted by Crippen LogP contribution is -2.31. The zero-order valence-electron chi connectivity index (χ0n) is 13.6. The normalized spacial score (nSPS) is 18.1. The third-order valence-electron chi connectivity index (χ3n) is 3.87. The Balaban J connectivity index is 2.72. The number of hydrogen-bond donors (Lipinski definition) is 1. The Labute approximate surface area is 141 Å². The number of carbonyl (C=O) groups excluding carboxylic acids is 1. The Bertz CT molecular complexity index is 797. The SMILES string of the molecule is COC(=O)C1=C(C)NC(C)=C([N+](=O)[O-])C1c1cccc(C(F)(F)F)c1. The minimum atomic E-state index is -4.61. The highest BCUT2D eigenvalue weighted by molar-refractivity contribution is 5.92. The van der Waals surface area contributed by atoms with Gasteiger partial charge in [0.15, 0.2) is 0 Å². The fourth-order valence-corrected chi connectivity index (χ4v) is 2.82. The van der Waals surface area contributed by atoms with Crippen molar-refractivity contribution in [1.29, 1.82) is 0 Å². The Kier molecular flexibility index (Phi) is 4.87. The lowest BCUT2D eigenvalue weighted by molar-refractivity contribution is -0.431. The van der Waals surface area contributed by atoms with Crippen LogP contribution in [0.3, 0.4) is 0 Å². The van der Waals surface area contributed by atoms with Gasteiger partial charge in [0.1, 0.15) is 5.92 Å². The van der Waals surface area contributed by atoms with Gasteiger partial charge in [-0.1, -0.05) is 18.2 Å². The molecule has 0 saturated heterocycles. The van der Waals surface area contributed by atoms with Crippen molar-refractivity contribution >= 4 is 5.97 Å². The Hall–Kier alpha value is -2.84. The van der Waals surface area contributed by atoms with Gasteiger partial charge in [-0.2, -0.15) is 13.2 Å². The summed E-state index contributed by atoms with van der Waals surface area (Å²) >= 11 is 0. The molecule has 2 rings (SSSR count). The van der Waals surface area contributed by atoms with Crippen LogP contribution in [0.4, 0.5) is 13.2 Å². The molecule has 1 atom stereocenters. The van der Waals surface area contributed by atoms with Gasteiger partial charge in [-0.3, -0.25) is 10.1 Å². The standard InChI is InChI=1S/C16H15F3N2O4/c1-8-12(15(22)25-3)13(14(21(23)24)9(2)20-8)10-5-4-6-11(7-10)16(17,18)19/h4-7,13,20H,1-3H3. The second kappa shape index (κ2) is 6.58. The number of allylic oxidation sites excluding steroid dienone is 3. The number of ether oxygens (including phenoxy) is 1. The molecule has 0 radical (unpaired) electrons. The van der Waals surface area contributed by atoms with Gasteiger partial charge in [-0.05, 0) is 25.5 Å². The van der Waals surface area contributed by atoms with E-state index in [1.807, 2.05) is 0 Å². The molecule has 1 aliphatic heterocycles. The largest absolute Gasteiger partial charge is 0.466 e. The zero-order valence-corrected chi connectivity index (χ0v) is 13.6. The highest BCUT2D eigenvalue weighted by Crippen LogP contribution is 2.40. The minimum Gasteiger partial charge on any atom is -0.466 e. The average molecular weight is 356 g/mol. The van der Waals surface area contributed by atoms with Gasteiger partial charge < -0.3 is 10.1 Å². The van der Waals surface area contributed by atoms with E-state index in [9.17, 15) is 28.1 Å². The van der Waals surface area contributed by atoms with E-state index in [0.29, 0.717) is 0 Å². The topological polar surface area (TPSA) is 81.5 Å². The molecule has 0 aliphatic carbocycles. The molecule has 0 bridgehead atoms. The van der Waals surface area contributed by atoms with Crippen molar-refractivity contribution in [3.63, 3.8) is 0 Å². The molecule has 0 amide bonds. The highest BCUT2D eigenvalue weighted by atomic mass is 19.4. The number of halogens is 3. The van der Waals surface area contributed by atoms with Gasteiger partial charge in [-0.15, -0.1) is 0 Å². The summed E-state index contributed by atoms with van der Waals surface area (Å²) in [7, 11) is 1.10. The van der Waals surface area contributed by atoms with Crippen LogP contribution < -0.4 is 5.32 Å². The van der Waals surface area contributed by atoms with Crippen molar-refractivity contribution in [1.82, 2.24) is 5.32 Å². The Morgan fingerprint density at radius 1 is 1.28 bits per heavy atom. The molecular formula is C16H15F3N2O4. The van der Waals surface area contributed by atoms with Crippen molar-refractivity contribution in [2.45, 2.75) is 25.9 Å². The first kappa shape index (κ1) is 18.5. The Morgan fingerprint density at radius 3 is 2.44 bits per heavy atom. The third-order valence-corrected chi connectivity index (χ3v) is 3.87. The second-order valence-electron chi connectivity index (χ2n) is 5.48. The van der Waals surface area contributed by atoms with Crippen molar-refractivity contribution in [3.05, 3.63) is 68.2 Å². The smallest absolute Gasteiger partial charge is 0.416 e. The summed E-state index contributed by atoms with van der Waals surface area (Å²) in [4.78, 5) is 22.9. The first-order valence-electron chi connectivity index (χ1n) is 7.16. The number of methoxy groups -OCH3 is 1. The lowest BCUT2D eigenvalue weighted by atomic mass is 9.83. The van der Waals surface area contributed by atoms with Crippen molar-refractivity contribution in [2.24, 2.45) is 0 Å². The summed E-state index contributed by atoms with van der Waals surface area (Å²) < 4.78 is 43.7. The summed E-state index contributed by atoms with van der Waals surface area (Å²) in [5.74, 6) is -2.12. The first-order chi connectivity index (χ1) is 11.6. The highest BCUT2D eigenvalue weighted by Gasteiger charge is 2.41. The van der Waals surface area contributed by atoms with E-state index in [2.05, 4.69) is 10.1 Å². The molecule has 1 aromatic carbocycles. The van der Waals surface area contributed by atoms with Gasteiger partial charge >= 0.3 is 12.1 Å². The maximum absolute atomic E-state index is 13.0. The molecule has 1 N–H and O–H groups in total. The van der Waals surface area contributed by atoms with Gasteiger partial charge in [-0.25, -0.2) is 4.79 Å². The monoisotopic (exact) mass is 356 g/mol. The van der Waals surface area contributed by atoms with E-state index in [0.717, 1.165) is 25.3 Å². The van der Waals surface area contributed by atoms with Crippen molar-refractivity contribution in [3.8, 4) is 0 Å². The molecule has 6 nitrogen and oxygen atoms in total. The molecular weight excluding hydrogens is 341 g/mol. The van der Waals surface area contributed by atoms with Crippen LogP contribution in [0.2, 0.25) is 0 Å². The number of rotatable bonds is 3. The summed E-state index contributed by atoms with van der Waals surface area (Å²) in [5.41, 5.74) is -1.02. The fourth-order valence-electron chi connectivity index (χ4n) is 2.82. The maximum atomic E-state index is 13.0. The zero-order chi connectivity index (χ0) is 18.9. The molecule has 0 aromatic heterocycles. The predicted octanol–water partition coefficient (Wildman–Crippen LogP) is 3.35. The number of carbonyl (C=O) groups is 1. The van der Waals surface area contributed by atoms with Crippen LogP contribution in [0.15, 0.2) is 46.9 Å². The van der Waals surface area contributed by atoms with Gasteiger partial charge in [0.2, 0.25) is 0 Å². The number of alkyl halides is 3. The molecule has 0 spiro atoms. The first-order valence-corrected chi connectivity index (χ1v) is 7.16.